The van der Waals surface area contributed by atoms with E-state index in [1.165, 1.54) is 0 Å². The predicted octanol–water partition coefficient (Wildman–Crippen LogP) is 0.0848. The van der Waals surface area contributed by atoms with Crippen molar-refractivity contribution in [3.8, 4) is 0 Å². The molecule has 2 aromatic rings. The molecule has 2 heterocycles. The molecule has 6 nitrogen and oxygen atoms in total. The number of carbonyl (C=O) groups is 1. The first-order valence-electron chi connectivity index (χ1n) is 4.45. The van der Waals surface area contributed by atoms with Crippen molar-refractivity contribution in [2.24, 2.45) is 5.73 Å². The molecule has 0 saturated heterocycles. The topological polar surface area (TPSA) is 105 Å². The number of hydrogen-bond donors (Lipinski definition) is 3. The number of aliphatic carboxylic acids is 1. The summed E-state index contributed by atoms with van der Waals surface area (Å²) in [7, 11) is 0. The Labute approximate surface area is 85.2 Å². The van der Waals surface area contributed by atoms with Crippen LogP contribution in [0.3, 0.4) is 0 Å². The van der Waals surface area contributed by atoms with Crippen molar-refractivity contribution in [2.75, 3.05) is 6.54 Å². The average Bonchev–Trinajstić information content (AvgIpc) is 2.61. The molecule has 2 rings (SSSR count). The van der Waals surface area contributed by atoms with Crippen LogP contribution >= 0.6 is 0 Å². The van der Waals surface area contributed by atoms with Crippen molar-refractivity contribution in [1.29, 1.82) is 0 Å². The van der Waals surface area contributed by atoms with Gasteiger partial charge in [0.25, 0.3) is 0 Å². The molecular weight excluding hydrogens is 196 g/mol. The smallest absolute Gasteiger partial charge is 0.315 e. The van der Waals surface area contributed by atoms with Gasteiger partial charge in [0.15, 0.2) is 0 Å². The lowest BCUT2D eigenvalue weighted by Crippen LogP contribution is -2.22. The largest absolute Gasteiger partial charge is 0.481 e. The average molecular weight is 206 g/mol. The summed E-state index contributed by atoms with van der Waals surface area (Å²) in [6.45, 7) is 0.0165. The monoisotopic (exact) mass is 206 g/mol. The summed E-state index contributed by atoms with van der Waals surface area (Å²) in [6.07, 6.45) is 3.20. The van der Waals surface area contributed by atoms with Gasteiger partial charge in [-0.25, -0.2) is 4.98 Å². The SMILES string of the molecule is NCC(C(=O)O)c1nc2ccncc2[nH]1. The number of carboxylic acids is 1. The zero-order valence-electron chi connectivity index (χ0n) is 7.84. The van der Waals surface area contributed by atoms with Crippen LogP contribution in [0.2, 0.25) is 0 Å². The summed E-state index contributed by atoms with van der Waals surface area (Å²) in [5.41, 5.74) is 6.78. The van der Waals surface area contributed by atoms with E-state index in [4.69, 9.17) is 10.8 Å². The van der Waals surface area contributed by atoms with Crippen LogP contribution in [0.15, 0.2) is 18.5 Å². The maximum absolute atomic E-state index is 10.9. The van der Waals surface area contributed by atoms with Crippen molar-refractivity contribution < 1.29 is 9.90 Å². The molecule has 0 bridgehead atoms. The fraction of sp³-hybridized carbons (Fsp3) is 0.222. The van der Waals surface area contributed by atoms with Gasteiger partial charge in [0, 0.05) is 12.7 Å². The molecule has 2 aromatic heterocycles. The molecule has 1 unspecified atom stereocenters. The van der Waals surface area contributed by atoms with E-state index in [1.807, 2.05) is 0 Å². The second kappa shape index (κ2) is 3.66. The van der Waals surface area contributed by atoms with Gasteiger partial charge in [0.2, 0.25) is 0 Å². The Morgan fingerprint density at radius 1 is 1.67 bits per heavy atom. The molecule has 0 aromatic carbocycles. The van der Waals surface area contributed by atoms with E-state index in [9.17, 15) is 4.79 Å². The molecule has 1 atom stereocenters. The number of aromatic nitrogens is 3. The van der Waals surface area contributed by atoms with Crippen molar-refractivity contribution in [3.05, 3.63) is 24.3 Å². The van der Waals surface area contributed by atoms with E-state index in [0.29, 0.717) is 16.9 Å². The number of carboxylic acid groups (broad SMARTS) is 1. The molecule has 0 saturated carbocycles. The molecule has 15 heavy (non-hydrogen) atoms. The number of rotatable bonds is 3. The Morgan fingerprint density at radius 2 is 2.47 bits per heavy atom. The first-order valence-corrected chi connectivity index (χ1v) is 4.45. The van der Waals surface area contributed by atoms with Gasteiger partial charge in [-0.15, -0.1) is 0 Å². The second-order valence-corrected chi connectivity index (χ2v) is 3.14. The third kappa shape index (κ3) is 1.66. The zero-order valence-corrected chi connectivity index (χ0v) is 7.84. The third-order valence-corrected chi connectivity index (χ3v) is 2.17. The second-order valence-electron chi connectivity index (χ2n) is 3.14. The highest BCUT2D eigenvalue weighted by molar-refractivity contribution is 5.79. The van der Waals surface area contributed by atoms with Crippen LogP contribution in [0.5, 0.6) is 0 Å². The van der Waals surface area contributed by atoms with Crippen LogP contribution < -0.4 is 5.73 Å². The van der Waals surface area contributed by atoms with Crippen LogP contribution in [0.4, 0.5) is 0 Å². The Hall–Kier alpha value is -1.95. The van der Waals surface area contributed by atoms with Crippen LogP contribution in [0.25, 0.3) is 11.0 Å². The maximum atomic E-state index is 10.9. The van der Waals surface area contributed by atoms with Gasteiger partial charge in [0.1, 0.15) is 11.7 Å². The number of nitrogens with two attached hydrogens (primary N) is 1. The van der Waals surface area contributed by atoms with Gasteiger partial charge in [0.05, 0.1) is 17.2 Å². The van der Waals surface area contributed by atoms with Gasteiger partial charge >= 0.3 is 5.97 Å². The van der Waals surface area contributed by atoms with E-state index in [0.717, 1.165) is 0 Å². The Balaban J connectivity index is 2.47. The van der Waals surface area contributed by atoms with Crippen molar-refractivity contribution in [2.45, 2.75) is 5.92 Å². The zero-order chi connectivity index (χ0) is 10.8. The number of imidazole rings is 1. The molecule has 0 spiro atoms. The Morgan fingerprint density at radius 3 is 3.07 bits per heavy atom. The molecule has 78 valence electrons. The highest BCUT2D eigenvalue weighted by Crippen LogP contribution is 2.16. The molecule has 0 radical (unpaired) electrons. The minimum atomic E-state index is -0.982. The molecule has 6 heteroatoms. The molecule has 0 aliphatic carbocycles. The summed E-state index contributed by atoms with van der Waals surface area (Å²) >= 11 is 0. The number of nitrogens with zero attached hydrogens (tertiary/aromatic N) is 2. The van der Waals surface area contributed by atoms with Gasteiger partial charge < -0.3 is 15.8 Å². The molecule has 0 aliphatic heterocycles. The number of hydrogen-bond acceptors (Lipinski definition) is 4. The summed E-state index contributed by atoms with van der Waals surface area (Å²) in [5, 5.41) is 8.90. The first kappa shape index (κ1) is 9.60. The van der Waals surface area contributed by atoms with Gasteiger partial charge in [-0.1, -0.05) is 0 Å². The molecule has 0 amide bonds. The van der Waals surface area contributed by atoms with Crippen LogP contribution in [-0.2, 0) is 4.79 Å². The number of aromatic amines is 1. The molecule has 0 aliphatic rings. The summed E-state index contributed by atoms with van der Waals surface area (Å²) in [4.78, 5) is 21.8. The molecule has 4 N–H and O–H groups in total. The third-order valence-electron chi connectivity index (χ3n) is 2.17. The number of H-pyrrole nitrogens is 1. The lowest BCUT2D eigenvalue weighted by molar-refractivity contribution is -0.138. The summed E-state index contributed by atoms with van der Waals surface area (Å²) in [6, 6.07) is 1.71. The number of fused-ring (bicyclic) bond motifs is 1. The first-order chi connectivity index (χ1) is 7.22. The minimum Gasteiger partial charge on any atom is -0.481 e. The van der Waals surface area contributed by atoms with Gasteiger partial charge in [-0.3, -0.25) is 9.78 Å². The van der Waals surface area contributed by atoms with Crippen molar-refractivity contribution >= 4 is 17.0 Å². The van der Waals surface area contributed by atoms with E-state index in [-0.39, 0.29) is 6.54 Å². The van der Waals surface area contributed by atoms with Crippen LogP contribution in [0.1, 0.15) is 11.7 Å². The number of pyridine rings is 1. The highest BCUT2D eigenvalue weighted by atomic mass is 16.4. The van der Waals surface area contributed by atoms with E-state index < -0.39 is 11.9 Å². The fourth-order valence-electron chi connectivity index (χ4n) is 1.37. The molecular formula is C9H10N4O2. The van der Waals surface area contributed by atoms with Gasteiger partial charge in [-0.05, 0) is 6.07 Å². The van der Waals surface area contributed by atoms with E-state index in [1.54, 1.807) is 18.5 Å². The highest BCUT2D eigenvalue weighted by Gasteiger charge is 2.21. The minimum absolute atomic E-state index is 0.0165. The van der Waals surface area contributed by atoms with Crippen molar-refractivity contribution in [1.82, 2.24) is 15.0 Å². The Bertz CT molecular complexity index is 461. The van der Waals surface area contributed by atoms with Crippen LogP contribution in [-0.4, -0.2) is 32.6 Å². The quantitative estimate of drug-likeness (QED) is 0.659. The summed E-state index contributed by atoms with van der Waals surface area (Å²) < 4.78 is 0. The predicted molar refractivity (Wildman–Crippen MR) is 53.3 cm³/mol. The van der Waals surface area contributed by atoms with Crippen molar-refractivity contribution in [3.63, 3.8) is 0 Å². The van der Waals surface area contributed by atoms with E-state index in [2.05, 4.69) is 15.0 Å². The Kier molecular flexibility index (Phi) is 2.34. The standard InChI is InChI=1S/C9H10N4O2/c10-3-5(9(14)15)8-12-6-1-2-11-4-7(6)13-8/h1-2,4-5H,3,10H2,(H,12,13)(H,14,15). The lowest BCUT2D eigenvalue weighted by Gasteiger charge is -2.04. The van der Waals surface area contributed by atoms with Gasteiger partial charge in [-0.2, -0.15) is 0 Å². The number of nitrogens with one attached hydrogen (secondary N) is 1. The van der Waals surface area contributed by atoms with Crippen LogP contribution in [0, 0.1) is 0 Å². The fourth-order valence-corrected chi connectivity index (χ4v) is 1.37. The normalized spacial score (nSPS) is 12.9. The summed E-state index contributed by atoms with van der Waals surface area (Å²) in [5.74, 6) is -1.41. The lowest BCUT2D eigenvalue weighted by atomic mass is 10.1. The molecule has 0 fully saturated rings. The maximum Gasteiger partial charge on any atom is 0.315 e. The van der Waals surface area contributed by atoms with E-state index >= 15 is 0 Å².